The van der Waals surface area contributed by atoms with Crippen molar-refractivity contribution in [3.8, 4) is 11.9 Å². The molecule has 9 heteroatoms. The Balaban J connectivity index is 2.09. The molecule has 114 valence electrons. The van der Waals surface area contributed by atoms with E-state index in [1.807, 2.05) is 0 Å². The third-order valence-corrected chi connectivity index (χ3v) is 3.11. The lowest BCUT2D eigenvalue weighted by Crippen LogP contribution is -2.12. The number of aromatic nitrogens is 4. The summed E-state index contributed by atoms with van der Waals surface area (Å²) in [5, 5.41) is 22.9. The normalized spacial score (nSPS) is 12.0. The fourth-order valence-electron chi connectivity index (χ4n) is 2.14. The summed E-state index contributed by atoms with van der Waals surface area (Å²) in [7, 11) is 0. The number of alkyl halides is 3. The number of benzene rings is 1. The summed E-state index contributed by atoms with van der Waals surface area (Å²) in [4.78, 5) is 7.03. The van der Waals surface area contributed by atoms with Gasteiger partial charge in [0.05, 0.1) is 18.3 Å². The molecule has 2 heterocycles. The third kappa shape index (κ3) is 2.41. The maximum absolute atomic E-state index is 13.0. The van der Waals surface area contributed by atoms with Crippen LogP contribution < -0.4 is 0 Å². The van der Waals surface area contributed by atoms with E-state index in [0.717, 1.165) is 10.7 Å². The molecule has 2 aromatic heterocycles. The molecule has 0 amide bonds. The van der Waals surface area contributed by atoms with Gasteiger partial charge in [0.25, 0.3) is 0 Å². The van der Waals surface area contributed by atoms with Crippen LogP contribution in [-0.2, 0) is 12.7 Å². The summed E-state index contributed by atoms with van der Waals surface area (Å²) in [5.74, 6) is -0.488. The topological polar surface area (TPSA) is 84.1 Å². The van der Waals surface area contributed by atoms with Gasteiger partial charge in [0.15, 0.2) is 5.65 Å². The largest absolute Gasteiger partial charge is 0.493 e. The Hall–Kier alpha value is -2.84. The van der Waals surface area contributed by atoms with Crippen LogP contribution in [0.5, 0.6) is 11.9 Å². The van der Waals surface area contributed by atoms with Crippen molar-refractivity contribution in [2.24, 2.45) is 0 Å². The van der Waals surface area contributed by atoms with E-state index in [9.17, 15) is 23.4 Å². The van der Waals surface area contributed by atoms with E-state index in [4.69, 9.17) is 0 Å². The molecule has 0 bridgehead atoms. The minimum absolute atomic E-state index is 0.00223. The highest BCUT2D eigenvalue weighted by Crippen LogP contribution is 2.32. The second-order valence-electron chi connectivity index (χ2n) is 4.54. The number of fused-ring (bicyclic) bond motifs is 1. The van der Waals surface area contributed by atoms with Crippen molar-refractivity contribution in [3.63, 3.8) is 0 Å². The molecule has 0 radical (unpaired) electrons. The van der Waals surface area contributed by atoms with E-state index >= 15 is 0 Å². The fourth-order valence-corrected chi connectivity index (χ4v) is 2.14. The second-order valence-corrected chi connectivity index (χ2v) is 4.54. The first-order valence-corrected chi connectivity index (χ1v) is 6.13. The van der Waals surface area contributed by atoms with Crippen molar-refractivity contribution in [2.75, 3.05) is 0 Å². The molecular formula is C13H9F3N4O2. The van der Waals surface area contributed by atoms with E-state index in [2.05, 4.69) is 15.1 Å². The molecule has 0 aliphatic heterocycles. The zero-order valence-electron chi connectivity index (χ0n) is 10.9. The Labute approximate surface area is 121 Å². The summed E-state index contributed by atoms with van der Waals surface area (Å²) >= 11 is 0. The van der Waals surface area contributed by atoms with Gasteiger partial charge in [0.1, 0.15) is 5.39 Å². The minimum atomic E-state index is -4.49. The number of hydrogen-bond donors (Lipinski definition) is 2. The molecule has 3 aromatic rings. The van der Waals surface area contributed by atoms with Gasteiger partial charge < -0.3 is 10.2 Å². The zero-order valence-corrected chi connectivity index (χ0v) is 10.9. The van der Waals surface area contributed by atoms with Gasteiger partial charge in [-0.1, -0.05) is 18.2 Å². The number of halogens is 3. The van der Waals surface area contributed by atoms with E-state index in [-0.39, 0.29) is 23.1 Å². The van der Waals surface area contributed by atoms with Gasteiger partial charge in [-0.25, -0.2) is 4.68 Å². The smallest absolute Gasteiger partial charge is 0.416 e. The maximum Gasteiger partial charge on any atom is 0.416 e. The molecule has 0 spiro atoms. The SMILES string of the molecule is Oc1nc(O)c2cnn(Cc3ccccc3C(F)(F)F)c2n1. The number of hydrogen-bond acceptors (Lipinski definition) is 5. The van der Waals surface area contributed by atoms with Crippen molar-refractivity contribution in [3.05, 3.63) is 41.6 Å². The van der Waals surface area contributed by atoms with Gasteiger partial charge in [0.2, 0.25) is 5.88 Å². The average Bonchev–Trinajstić information content (AvgIpc) is 2.81. The van der Waals surface area contributed by atoms with Crippen molar-refractivity contribution in [2.45, 2.75) is 12.7 Å². The van der Waals surface area contributed by atoms with Crippen LogP contribution in [0.1, 0.15) is 11.1 Å². The van der Waals surface area contributed by atoms with Crippen molar-refractivity contribution < 1.29 is 23.4 Å². The zero-order chi connectivity index (χ0) is 15.9. The Morgan fingerprint density at radius 3 is 2.55 bits per heavy atom. The van der Waals surface area contributed by atoms with Crippen LogP contribution in [0.3, 0.4) is 0 Å². The van der Waals surface area contributed by atoms with E-state index in [1.165, 1.54) is 24.4 Å². The highest BCUT2D eigenvalue weighted by Gasteiger charge is 2.33. The molecule has 6 nitrogen and oxygen atoms in total. The predicted octanol–water partition coefficient (Wildman–Crippen LogP) is 2.30. The first-order chi connectivity index (χ1) is 10.4. The Kier molecular flexibility index (Phi) is 3.12. The molecule has 0 aliphatic carbocycles. The molecule has 1 aromatic carbocycles. The van der Waals surface area contributed by atoms with Crippen LogP contribution >= 0.6 is 0 Å². The molecule has 3 rings (SSSR count). The summed E-state index contributed by atoms with van der Waals surface area (Å²) in [6.45, 7) is -0.213. The van der Waals surface area contributed by atoms with Crippen LogP contribution in [0.25, 0.3) is 11.0 Å². The van der Waals surface area contributed by atoms with Crippen molar-refractivity contribution in [1.82, 2.24) is 19.7 Å². The quantitative estimate of drug-likeness (QED) is 0.759. The van der Waals surface area contributed by atoms with Gasteiger partial charge in [-0.15, -0.1) is 0 Å². The molecule has 2 N–H and O–H groups in total. The number of rotatable bonds is 2. The second kappa shape index (κ2) is 4.86. The van der Waals surface area contributed by atoms with Gasteiger partial charge in [-0.05, 0) is 11.6 Å². The highest BCUT2D eigenvalue weighted by atomic mass is 19.4. The lowest BCUT2D eigenvalue weighted by atomic mass is 10.1. The summed E-state index contributed by atoms with van der Waals surface area (Å²) in [5.41, 5.74) is -0.735. The van der Waals surface area contributed by atoms with Gasteiger partial charge in [-0.2, -0.15) is 28.2 Å². The highest BCUT2D eigenvalue weighted by molar-refractivity contribution is 5.80. The third-order valence-electron chi connectivity index (χ3n) is 3.11. The van der Waals surface area contributed by atoms with E-state index < -0.39 is 23.6 Å². The molecule has 0 saturated carbocycles. The maximum atomic E-state index is 13.0. The summed E-state index contributed by atoms with van der Waals surface area (Å²) < 4.78 is 40.1. The van der Waals surface area contributed by atoms with Gasteiger partial charge in [0, 0.05) is 0 Å². The molecular weight excluding hydrogens is 301 g/mol. The number of nitrogens with zero attached hydrogens (tertiary/aromatic N) is 4. The minimum Gasteiger partial charge on any atom is -0.493 e. The lowest BCUT2D eigenvalue weighted by molar-refractivity contribution is -0.138. The molecule has 0 unspecified atom stereocenters. The van der Waals surface area contributed by atoms with Crippen molar-refractivity contribution in [1.29, 1.82) is 0 Å². The predicted molar refractivity (Wildman–Crippen MR) is 69.2 cm³/mol. The van der Waals surface area contributed by atoms with Crippen LogP contribution in [-0.4, -0.2) is 30.0 Å². The number of aromatic hydroxyl groups is 2. The fraction of sp³-hybridized carbons (Fsp3) is 0.154. The van der Waals surface area contributed by atoms with E-state index in [0.29, 0.717) is 0 Å². The summed E-state index contributed by atoms with van der Waals surface area (Å²) in [6, 6.07) is 4.41. The average molecular weight is 310 g/mol. The Bertz CT molecular complexity index is 845. The van der Waals surface area contributed by atoms with Crippen molar-refractivity contribution >= 4 is 11.0 Å². The van der Waals surface area contributed by atoms with Crippen LogP contribution in [0.4, 0.5) is 13.2 Å². The molecule has 0 aliphatic rings. The first kappa shape index (κ1) is 14.1. The first-order valence-electron chi connectivity index (χ1n) is 6.13. The molecule has 0 saturated heterocycles. The van der Waals surface area contributed by atoms with Crippen LogP contribution in [0, 0.1) is 0 Å². The van der Waals surface area contributed by atoms with Crippen LogP contribution in [0.15, 0.2) is 30.5 Å². The molecule has 0 fully saturated rings. The van der Waals surface area contributed by atoms with Gasteiger partial charge >= 0.3 is 12.2 Å². The monoisotopic (exact) mass is 310 g/mol. The van der Waals surface area contributed by atoms with Gasteiger partial charge in [-0.3, -0.25) is 0 Å². The summed E-state index contributed by atoms with van der Waals surface area (Å²) in [6.07, 6.45) is -3.26. The lowest BCUT2D eigenvalue weighted by Gasteiger charge is -2.12. The van der Waals surface area contributed by atoms with E-state index in [1.54, 1.807) is 0 Å². The molecule has 22 heavy (non-hydrogen) atoms. The van der Waals surface area contributed by atoms with Crippen LogP contribution in [0.2, 0.25) is 0 Å². The molecule has 0 atom stereocenters. The Morgan fingerprint density at radius 2 is 1.82 bits per heavy atom. The Morgan fingerprint density at radius 1 is 1.09 bits per heavy atom. The standard InChI is InChI=1S/C13H9F3N4O2/c14-13(15,16)9-4-2-1-3-7(9)6-20-10-8(5-17-20)11(21)19-12(22)18-10/h1-5H,6H2,(H2,18,19,21,22).